The third-order valence-corrected chi connectivity index (χ3v) is 12.6. The monoisotopic (exact) mass is 607 g/mol. The van der Waals surface area contributed by atoms with Crippen LogP contribution in [0.15, 0.2) is 164 Å². The summed E-state index contributed by atoms with van der Waals surface area (Å²) in [6.07, 6.45) is 0. The molecule has 0 unspecified atom stereocenters. The van der Waals surface area contributed by atoms with E-state index in [1.807, 2.05) is 60.7 Å². The predicted molar refractivity (Wildman–Crippen MR) is 197 cm³/mol. The minimum atomic E-state index is -3.13. The van der Waals surface area contributed by atoms with Crippen LogP contribution in [0.2, 0.25) is 0 Å². The third kappa shape index (κ3) is 3.94. The van der Waals surface area contributed by atoms with E-state index < -0.39 is 7.14 Å². The van der Waals surface area contributed by atoms with Crippen LogP contribution in [0.5, 0.6) is 0 Å². The lowest BCUT2D eigenvalue weighted by molar-refractivity contribution is 0.592. The predicted octanol–water partition coefficient (Wildman–Crippen LogP) is 10.2. The molecule has 2 nitrogen and oxygen atoms in total. The Labute approximate surface area is 267 Å². The molecule has 0 saturated heterocycles. The van der Waals surface area contributed by atoms with Gasteiger partial charge < -0.3 is 9.13 Å². The third-order valence-electron chi connectivity index (χ3n) is 9.51. The van der Waals surface area contributed by atoms with Gasteiger partial charge in [0.15, 0.2) is 7.14 Å². The van der Waals surface area contributed by atoms with E-state index in [0.717, 1.165) is 32.4 Å². The smallest absolute Gasteiger partial charge is 0.171 e. The van der Waals surface area contributed by atoms with E-state index in [9.17, 15) is 0 Å². The zero-order valence-corrected chi connectivity index (χ0v) is 26.3. The molecule has 0 saturated carbocycles. The standard InChI is InChI=1S/C43H30NOP/c1-29-20-22-30(23-21-29)44-42-19-11-10-18-37(42)41-27-39-35-17-9-8-16-34(35)38-26-33(24-25-36(38)40(39)28-43(41)44)46(45,31-12-4-2-5-13-31)32-14-6-3-7-15-32/h2-28H,1H3. The number of aromatic nitrogens is 1. The molecule has 0 atom stereocenters. The van der Waals surface area contributed by atoms with Crippen LogP contribution in [-0.4, -0.2) is 4.57 Å². The van der Waals surface area contributed by atoms with Gasteiger partial charge in [-0.3, -0.25) is 0 Å². The maximum atomic E-state index is 15.4. The maximum absolute atomic E-state index is 15.4. The number of rotatable bonds is 4. The van der Waals surface area contributed by atoms with Crippen LogP contribution in [0.4, 0.5) is 0 Å². The number of fused-ring (bicyclic) bond motifs is 9. The van der Waals surface area contributed by atoms with Crippen molar-refractivity contribution >= 4 is 77.2 Å². The van der Waals surface area contributed by atoms with Crippen molar-refractivity contribution in [3.05, 3.63) is 169 Å². The molecule has 1 aromatic heterocycles. The SMILES string of the molecule is Cc1ccc(-n2c3ccccc3c3cc4c5ccccc5c5cc(P(=O)(c6ccccc6)c6ccccc6)ccc5c4cc32)cc1. The molecule has 9 rings (SSSR count). The zero-order valence-electron chi connectivity index (χ0n) is 25.4. The fourth-order valence-corrected chi connectivity index (χ4v) is 9.97. The first-order valence-corrected chi connectivity index (χ1v) is 17.4. The number of para-hydroxylation sites is 1. The Morgan fingerprint density at radius 2 is 0.913 bits per heavy atom. The molecule has 46 heavy (non-hydrogen) atoms. The van der Waals surface area contributed by atoms with Crippen LogP contribution in [0, 0.1) is 6.92 Å². The molecule has 0 N–H and O–H groups in total. The Kier molecular flexibility index (Phi) is 6.03. The van der Waals surface area contributed by atoms with Gasteiger partial charge in [-0.05, 0) is 75.6 Å². The topological polar surface area (TPSA) is 22.0 Å². The second kappa shape index (κ2) is 10.3. The van der Waals surface area contributed by atoms with E-state index in [4.69, 9.17) is 0 Å². The molecule has 0 aliphatic heterocycles. The average Bonchev–Trinajstić information content (AvgIpc) is 3.45. The molecule has 0 fully saturated rings. The highest BCUT2D eigenvalue weighted by Crippen LogP contribution is 2.45. The molecule has 0 bridgehead atoms. The minimum Gasteiger partial charge on any atom is -0.309 e. The Hall–Kier alpha value is -5.43. The molecule has 218 valence electrons. The summed E-state index contributed by atoms with van der Waals surface area (Å²) in [5.41, 5.74) is 4.76. The molecule has 9 aromatic rings. The van der Waals surface area contributed by atoms with Crippen LogP contribution in [0.1, 0.15) is 5.56 Å². The van der Waals surface area contributed by atoms with E-state index in [2.05, 4.69) is 115 Å². The summed E-state index contributed by atoms with van der Waals surface area (Å²) in [7, 11) is -3.13. The van der Waals surface area contributed by atoms with Crippen LogP contribution in [-0.2, 0) is 4.57 Å². The van der Waals surface area contributed by atoms with Gasteiger partial charge in [0.1, 0.15) is 0 Å². The highest BCUT2D eigenvalue weighted by Gasteiger charge is 2.30. The van der Waals surface area contributed by atoms with Gasteiger partial charge in [0.05, 0.1) is 11.0 Å². The Balaban J connectivity index is 1.40. The van der Waals surface area contributed by atoms with Crippen LogP contribution >= 0.6 is 7.14 Å². The summed E-state index contributed by atoms with van der Waals surface area (Å²) in [5, 5.41) is 12.1. The summed E-state index contributed by atoms with van der Waals surface area (Å²) in [6, 6.07) is 57.2. The quantitative estimate of drug-likeness (QED) is 0.144. The molecular formula is C43H30NOP. The molecule has 0 aliphatic carbocycles. The van der Waals surface area contributed by atoms with Gasteiger partial charge in [0.25, 0.3) is 0 Å². The van der Waals surface area contributed by atoms with Gasteiger partial charge in [0, 0.05) is 32.4 Å². The van der Waals surface area contributed by atoms with Crippen molar-refractivity contribution in [3.63, 3.8) is 0 Å². The van der Waals surface area contributed by atoms with E-state index >= 15 is 4.57 Å². The summed E-state index contributed by atoms with van der Waals surface area (Å²) < 4.78 is 17.7. The fraction of sp³-hybridized carbons (Fsp3) is 0.0233. The van der Waals surface area contributed by atoms with Crippen LogP contribution in [0.3, 0.4) is 0 Å². The van der Waals surface area contributed by atoms with Crippen molar-refractivity contribution in [2.45, 2.75) is 6.92 Å². The van der Waals surface area contributed by atoms with Crippen molar-refractivity contribution in [2.24, 2.45) is 0 Å². The molecular weight excluding hydrogens is 577 g/mol. The lowest BCUT2D eigenvalue weighted by Gasteiger charge is -2.21. The van der Waals surface area contributed by atoms with E-state index in [1.54, 1.807) is 0 Å². The largest absolute Gasteiger partial charge is 0.309 e. The molecule has 0 spiro atoms. The molecule has 0 amide bonds. The lowest BCUT2D eigenvalue weighted by Crippen LogP contribution is -2.24. The molecule has 0 aliphatic rings. The molecule has 0 radical (unpaired) electrons. The van der Waals surface area contributed by atoms with Gasteiger partial charge in [-0.2, -0.15) is 0 Å². The summed E-state index contributed by atoms with van der Waals surface area (Å²) >= 11 is 0. The van der Waals surface area contributed by atoms with Crippen molar-refractivity contribution in [2.75, 3.05) is 0 Å². The second-order valence-electron chi connectivity index (χ2n) is 12.2. The summed E-state index contributed by atoms with van der Waals surface area (Å²) in [4.78, 5) is 0. The van der Waals surface area contributed by atoms with Gasteiger partial charge in [-0.25, -0.2) is 0 Å². The first-order valence-electron chi connectivity index (χ1n) is 15.7. The Morgan fingerprint density at radius 1 is 0.391 bits per heavy atom. The van der Waals surface area contributed by atoms with E-state index in [-0.39, 0.29) is 0 Å². The average molecular weight is 608 g/mol. The van der Waals surface area contributed by atoms with Crippen molar-refractivity contribution in [1.29, 1.82) is 0 Å². The maximum Gasteiger partial charge on any atom is 0.171 e. The van der Waals surface area contributed by atoms with E-state index in [0.29, 0.717) is 0 Å². The van der Waals surface area contributed by atoms with Gasteiger partial charge in [-0.1, -0.05) is 133 Å². The van der Waals surface area contributed by atoms with Gasteiger partial charge >= 0.3 is 0 Å². The fourth-order valence-electron chi connectivity index (χ4n) is 7.29. The summed E-state index contributed by atoms with van der Waals surface area (Å²) in [6.45, 7) is 2.13. The first kappa shape index (κ1) is 26.9. The highest BCUT2D eigenvalue weighted by atomic mass is 31.2. The number of benzene rings is 8. The number of hydrogen-bond acceptors (Lipinski definition) is 1. The second-order valence-corrected chi connectivity index (χ2v) is 14.9. The van der Waals surface area contributed by atoms with E-state index in [1.165, 1.54) is 48.9 Å². The van der Waals surface area contributed by atoms with Crippen molar-refractivity contribution in [3.8, 4) is 5.69 Å². The normalized spacial score (nSPS) is 12.1. The summed E-state index contributed by atoms with van der Waals surface area (Å²) in [5.74, 6) is 0. The van der Waals surface area contributed by atoms with Crippen LogP contribution < -0.4 is 15.9 Å². The lowest BCUT2D eigenvalue weighted by atomic mass is 9.93. The van der Waals surface area contributed by atoms with Crippen molar-refractivity contribution < 1.29 is 4.57 Å². The molecule has 1 heterocycles. The molecule has 8 aromatic carbocycles. The number of hydrogen-bond donors (Lipinski definition) is 0. The molecule has 3 heteroatoms. The number of nitrogens with zero attached hydrogens (tertiary/aromatic N) is 1. The van der Waals surface area contributed by atoms with Crippen molar-refractivity contribution in [1.82, 2.24) is 4.57 Å². The first-order chi connectivity index (χ1) is 22.6. The van der Waals surface area contributed by atoms with Gasteiger partial charge in [0.2, 0.25) is 0 Å². The minimum absolute atomic E-state index is 0.843. The van der Waals surface area contributed by atoms with Gasteiger partial charge in [-0.15, -0.1) is 0 Å². The van der Waals surface area contributed by atoms with Crippen LogP contribution in [0.25, 0.3) is 59.8 Å². The zero-order chi connectivity index (χ0) is 30.8. The Morgan fingerprint density at radius 3 is 1.57 bits per heavy atom. The Bertz CT molecular complexity index is 2610. The highest BCUT2D eigenvalue weighted by molar-refractivity contribution is 7.85. The number of aryl methyl sites for hydroxylation is 1.